The Morgan fingerprint density at radius 1 is 1.24 bits per heavy atom. The van der Waals surface area contributed by atoms with Crippen LogP contribution >= 0.6 is 11.3 Å². The van der Waals surface area contributed by atoms with Crippen molar-refractivity contribution in [1.29, 1.82) is 0 Å². The second-order valence-corrected chi connectivity index (χ2v) is 8.45. The molecule has 3 heterocycles. The zero-order chi connectivity index (χ0) is 20.9. The van der Waals surface area contributed by atoms with Crippen molar-refractivity contribution in [2.75, 3.05) is 23.7 Å². The van der Waals surface area contributed by atoms with Crippen LogP contribution < -0.4 is 16.0 Å². The van der Waals surface area contributed by atoms with Gasteiger partial charge in [-0.05, 0) is 31.5 Å². The second kappa shape index (κ2) is 6.91. The van der Waals surface area contributed by atoms with Gasteiger partial charge in [-0.2, -0.15) is 5.10 Å². The molecular formula is C20H21F2N5OS. The fraction of sp³-hybridized carbons (Fsp3) is 0.350. The van der Waals surface area contributed by atoms with Crippen molar-refractivity contribution in [2.45, 2.75) is 32.7 Å². The van der Waals surface area contributed by atoms with E-state index in [0.29, 0.717) is 28.5 Å². The number of nitrogen functional groups attached to an aromatic ring is 1. The molecule has 1 saturated heterocycles. The molecule has 0 radical (unpaired) electrons. The third-order valence-electron chi connectivity index (χ3n) is 5.30. The Hall–Kier alpha value is -2.81. The van der Waals surface area contributed by atoms with Crippen LogP contribution in [0.3, 0.4) is 0 Å². The number of halogens is 2. The van der Waals surface area contributed by atoms with Gasteiger partial charge < -0.3 is 16.0 Å². The predicted molar refractivity (Wildman–Crippen MR) is 111 cm³/mol. The average molecular weight is 417 g/mol. The van der Waals surface area contributed by atoms with E-state index in [4.69, 9.17) is 5.73 Å². The molecule has 3 N–H and O–H groups in total. The number of fused-ring (bicyclic) bond motifs is 1. The summed E-state index contributed by atoms with van der Waals surface area (Å²) in [6.07, 6.45) is 0. The first-order chi connectivity index (χ1) is 13.6. The summed E-state index contributed by atoms with van der Waals surface area (Å²) >= 11 is 1.24. The van der Waals surface area contributed by atoms with Crippen LogP contribution in [0.25, 0.3) is 10.2 Å². The molecule has 1 aliphatic heterocycles. The molecule has 4 rings (SSSR count). The Labute approximate surface area is 170 Å². The first-order valence-corrected chi connectivity index (χ1v) is 10.0. The molecule has 3 aromatic rings. The summed E-state index contributed by atoms with van der Waals surface area (Å²) in [7, 11) is 0. The Morgan fingerprint density at radius 3 is 2.52 bits per heavy atom. The standard InChI is InChI=1S/C20H21F2N5OS/c1-10-11(2)25-26-19-15(10)16(23)17(29-19)18(28)24-13-8-27(9-13)14-6-4-12(5-7-14)20(3,21)22/h4-7,13H,8-9,23H2,1-3H3,(H,24,28). The van der Waals surface area contributed by atoms with Crippen LogP contribution in [0.5, 0.6) is 0 Å². The van der Waals surface area contributed by atoms with Gasteiger partial charge >= 0.3 is 0 Å². The number of thiophene rings is 1. The number of carbonyl (C=O) groups is 1. The molecule has 0 bridgehead atoms. The lowest BCUT2D eigenvalue weighted by molar-refractivity contribution is 0.0175. The smallest absolute Gasteiger partial charge is 0.270 e. The highest BCUT2D eigenvalue weighted by Crippen LogP contribution is 2.35. The van der Waals surface area contributed by atoms with Crippen LogP contribution in [-0.2, 0) is 5.92 Å². The van der Waals surface area contributed by atoms with Gasteiger partial charge in [-0.3, -0.25) is 4.79 Å². The van der Waals surface area contributed by atoms with Gasteiger partial charge in [0.1, 0.15) is 9.71 Å². The summed E-state index contributed by atoms with van der Waals surface area (Å²) in [6.45, 7) is 5.87. The molecule has 0 atom stereocenters. The monoisotopic (exact) mass is 417 g/mol. The van der Waals surface area contributed by atoms with Gasteiger partial charge in [-0.25, -0.2) is 8.78 Å². The number of hydrogen-bond acceptors (Lipinski definition) is 6. The first kappa shape index (κ1) is 19.5. The highest BCUT2D eigenvalue weighted by atomic mass is 32.1. The van der Waals surface area contributed by atoms with E-state index in [-0.39, 0.29) is 17.5 Å². The summed E-state index contributed by atoms with van der Waals surface area (Å²) in [6, 6.07) is 6.19. The van der Waals surface area contributed by atoms with Gasteiger partial charge in [0.15, 0.2) is 0 Å². The van der Waals surface area contributed by atoms with E-state index in [1.807, 2.05) is 18.7 Å². The third-order valence-corrected chi connectivity index (χ3v) is 6.39. The number of hydrogen-bond donors (Lipinski definition) is 2. The molecule has 9 heteroatoms. The Kier molecular flexibility index (Phi) is 4.65. The number of aryl methyl sites for hydroxylation is 2. The predicted octanol–water partition coefficient (Wildman–Crippen LogP) is 3.62. The Morgan fingerprint density at radius 2 is 1.90 bits per heavy atom. The molecule has 1 fully saturated rings. The fourth-order valence-corrected chi connectivity index (χ4v) is 4.41. The first-order valence-electron chi connectivity index (χ1n) is 9.21. The zero-order valence-corrected chi connectivity index (χ0v) is 17.1. The summed E-state index contributed by atoms with van der Waals surface area (Å²) in [5.41, 5.74) is 9.21. The van der Waals surface area contributed by atoms with E-state index < -0.39 is 5.92 Å². The maximum absolute atomic E-state index is 13.3. The number of aromatic nitrogens is 2. The minimum Gasteiger partial charge on any atom is -0.397 e. The van der Waals surface area contributed by atoms with E-state index in [0.717, 1.165) is 29.3 Å². The van der Waals surface area contributed by atoms with Gasteiger partial charge in [0.25, 0.3) is 11.8 Å². The molecule has 0 spiro atoms. The molecule has 6 nitrogen and oxygen atoms in total. The largest absolute Gasteiger partial charge is 0.397 e. The van der Waals surface area contributed by atoms with Gasteiger partial charge in [-0.15, -0.1) is 16.4 Å². The number of nitrogens with zero attached hydrogens (tertiary/aromatic N) is 3. The van der Waals surface area contributed by atoms with E-state index in [2.05, 4.69) is 15.5 Å². The van der Waals surface area contributed by atoms with Crippen LogP contribution in [0.4, 0.5) is 20.2 Å². The number of benzene rings is 1. The molecule has 0 aliphatic carbocycles. The second-order valence-electron chi connectivity index (χ2n) is 7.45. The quantitative estimate of drug-likeness (QED) is 0.677. The topological polar surface area (TPSA) is 84.1 Å². The van der Waals surface area contributed by atoms with Crippen molar-refractivity contribution in [3.63, 3.8) is 0 Å². The number of carbonyl (C=O) groups excluding carboxylic acids is 1. The van der Waals surface area contributed by atoms with Crippen LogP contribution in [0, 0.1) is 13.8 Å². The fourth-order valence-electron chi connectivity index (χ4n) is 3.41. The third kappa shape index (κ3) is 3.50. The van der Waals surface area contributed by atoms with E-state index >= 15 is 0 Å². The number of alkyl halides is 2. The highest BCUT2D eigenvalue weighted by Gasteiger charge is 2.31. The maximum Gasteiger partial charge on any atom is 0.270 e. The van der Waals surface area contributed by atoms with Crippen molar-refractivity contribution in [2.24, 2.45) is 0 Å². The van der Waals surface area contributed by atoms with Crippen LogP contribution in [0.2, 0.25) is 0 Å². The van der Waals surface area contributed by atoms with Crippen molar-refractivity contribution >= 4 is 38.8 Å². The molecular weight excluding hydrogens is 396 g/mol. The Bertz CT molecular complexity index is 1080. The lowest BCUT2D eigenvalue weighted by Crippen LogP contribution is -2.59. The number of amides is 1. The molecule has 152 valence electrons. The lowest BCUT2D eigenvalue weighted by Gasteiger charge is -2.41. The summed E-state index contributed by atoms with van der Waals surface area (Å²) < 4.78 is 26.7. The van der Waals surface area contributed by atoms with Crippen molar-refractivity contribution < 1.29 is 13.6 Å². The molecule has 0 saturated carbocycles. The molecule has 2 aromatic heterocycles. The number of nitrogens with one attached hydrogen (secondary N) is 1. The van der Waals surface area contributed by atoms with Crippen molar-refractivity contribution in [3.05, 3.63) is 46.0 Å². The summed E-state index contributed by atoms with van der Waals surface area (Å²) in [5.74, 6) is -3.08. The van der Waals surface area contributed by atoms with Crippen molar-refractivity contribution in [1.82, 2.24) is 15.5 Å². The van der Waals surface area contributed by atoms with E-state index in [1.54, 1.807) is 12.1 Å². The summed E-state index contributed by atoms with van der Waals surface area (Å²) in [4.78, 5) is 15.8. The number of nitrogens with two attached hydrogens (primary N) is 1. The van der Waals surface area contributed by atoms with Crippen LogP contribution in [0.15, 0.2) is 24.3 Å². The Balaban J connectivity index is 1.42. The maximum atomic E-state index is 13.3. The van der Waals surface area contributed by atoms with Gasteiger partial charge in [0, 0.05) is 36.7 Å². The number of rotatable bonds is 4. The SMILES string of the molecule is Cc1nnc2sc(C(=O)NC3CN(c4ccc(C(C)(F)F)cc4)C3)c(N)c2c1C. The molecule has 1 amide bonds. The molecule has 29 heavy (non-hydrogen) atoms. The molecule has 1 aromatic carbocycles. The van der Waals surface area contributed by atoms with E-state index in [9.17, 15) is 13.6 Å². The molecule has 0 unspecified atom stereocenters. The van der Waals surface area contributed by atoms with E-state index in [1.165, 1.54) is 23.5 Å². The minimum atomic E-state index is -2.85. The number of anilines is 2. The minimum absolute atomic E-state index is 0.0134. The van der Waals surface area contributed by atoms with Crippen molar-refractivity contribution in [3.8, 4) is 0 Å². The normalized spacial score (nSPS) is 14.9. The molecule has 1 aliphatic rings. The zero-order valence-electron chi connectivity index (χ0n) is 16.3. The summed E-state index contributed by atoms with van der Waals surface area (Å²) in [5, 5.41) is 12.0. The highest BCUT2D eigenvalue weighted by molar-refractivity contribution is 7.21. The van der Waals surface area contributed by atoms with Crippen LogP contribution in [0.1, 0.15) is 33.4 Å². The average Bonchev–Trinajstić information content (AvgIpc) is 2.97. The van der Waals surface area contributed by atoms with Crippen LogP contribution in [-0.4, -0.2) is 35.2 Å². The van der Waals surface area contributed by atoms with Gasteiger partial charge in [-0.1, -0.05) is 12.1 Å². The van der Waals surface area contributed by atoms with Gasteiger partial charge in [0.05, 0.1) is 17.4 Å². The lowest BCUT2D eigenvalue weighted by atomic mass is 10.0. The van der Waals surface area contributed by atoms with Gasteiger partial charge in [0.2, 0.25) is 0 Å².